The van der Waals surface area contributed by atoms with Crippen LogP contribution in [0.3, 0.4) is 0 Å². The van der Waals surface area contributed by atoms with Gasteiger partial charge in [-0.3, -0.25) is 39.2 Å². The van der Waals surface area contributed by atoms with Crippen molar-refractivity contribution in [1.29, 1.82) is 0 Å². The number of benzene rings is 2. The molecule has 2 amide bonds. The fourth-order valence-corrected chi connectivity index (χ4v) is 5.09. The molecule has 0 bridgehead atoms. The van der Waals surface area contributed by atoms with E-state index in [4.69, 9.17) is 4.74 Å². The van der Waals surface area contributed by atoms with Crippen LogP contribution in [0.1, 0.15) is 44.7 Å². The Balaban J connectivity index is 1.55. The third-order valence-corrected chi connectivity index (χ3v) is 6.91. The maximum absolute atomic E-state index is 13.8. The highest BCUT2D eigenvalue weighted by atomic mass is 16.6. The number of carbonyl (C=O) groups excluding carboxylic acids is 3. The standard InChI is InChI=1S/C27H22N4O7/c1-15-21(27(35)38-2)22(16-6-5-7-17(14-16)31(36)37)23-20(28-15)10-11-29(26(23)34)12-13-30-24(32)18-8-3-4-9-19(18)25(30)33/h3-11,14,21-22H,12-13H2,1-2H3. The number of imide groups is 1. The molecular weight excluding hydrogens is 492 g/mol. The maximum Gasteiger partial charge on any atom is 0.315 e. The van der Waals surface area contributed by atoms with Gasteiger partial charge in [-0.15, -0.1) is 0 Å². The second-order valence-corrected chi connectivity index (χ2v) is 9.00. The van der Waals surface area contributed by atoms with Gasteiger partial charge in [0.2, 0.25) is 0 Å². The number of fused-ring (bicyclic) bond motifs is 2. The highest BCUT2D eigenvalue weighted by molar-refractivity contribution is 6.21. The third-order valence-electron chi connectivity index (χ3n) is 6.91. The van der Waals surface area contributed by atoms with Crippen LogP contribution in [0.5, 0.6) is 0 Å². The molecule has 11 heteroatoms. The van der Waals surface area contributed by atoms with Gasteiger partial charge in [0.25, 0.3) is 23.1 Å². The summed E-state index contributed by atoms with van der Waals surface area (Å²) in [6.45, 7) is 1.60. The van der Waals surface area contributed by atoms with Gasteiger partial charge in [0.1, 0.15) is 5.92 Å². The number of esters is 1. The number of amides is 2. The SMILES string of the molecule is COC(=O)C1C(C)=Nc2ccn(CCN3C(=O)c4ccccc4C3=O)c(=O)c2C1c1cccc([N+](=O)[O-])c1. The molecular formula is C27H22N4O7. The summed E-state index contributed by atoms with van der Waals surface area (Å²) in [5.74, 6) is -3.37. The van der Waals surface area contributed by atoms with Crippen molar-refractivity contribution < 1.29 is 24.0 Å². The number of ether oxygens (including phenoxy) is 1. The lowest BCUT2D eigenvalue weighted by Gasteiger charge is -2.30. The first-order chi connectivity index (χ1) is 18.2. The van der Waals surface area contributed by atoms with Crippen molar-refractivity contribution in [2.45, 2.75) is 19.4 Å². The molecule has 38 heavy (non-hydrogen) atoms. The van der Waals surface area contributed by atoms with Gasteiger partial charge >= 0.3 is 5.97 Å². The van der Waals surface area contributed by atoms with Crippen LogP contribution in [-0.2, 0) is 16.1 Å². The number of pyridine rings is 1. The molecule has 11 nitrogen and oxygen atoms in total. The minimum atomic E-state index is -0.978. The van der Waals surface area contributed by atoms with Gasteiger partial charge in [0, 0.05) is 43.0 Å². The van der Waals surface area contributed by atoms with Crippen LogP contribution < -0.4 is 5.56 Å². The summed E-state index contributed by atoms with van der Waals surface area (Å²) in [6, 6.07) is 13.9. The summed E-state index contributed by atoms with van der Waals surface area (Å²) >= 11 is 0. The van der Waals surface area contributed by atoms with E-state index < -0.39 is 40.1 Å². The van der Waals surface area contributed by atoms with Gasteiger partial charge in [-0.1, -0.05) is 24.3 Å². The molecule has 2 aliphatic rings. The van der Waals surface area contributed by atoms with Gasteiger partial charge in [-0.2, -0.15) is 0 Å². The summed E-state index contributed by atoms with van der Waals surface area (Å²) in [5.41, 5.74) is 1.26. The Hall–Kier alpha value is -4.93. The average Bonchev–Trinajstić information content (AvgIpc) is 3.16. The number of non-ortho nitro benzene ring substituents is 1. The van der Waals surface area contributed by atoms with E-state index in [0.717, 1.165) is 4.90 Å². The second-order valence-electron chi connectivity index (χ2n) is 9.00. The maximum atomic E-state index is 13.8. The Morgan fingerprint density at radius 3 is 2.34 bits per heavy atom. The second kappa shape index (κ2) is 9.51. The van der Waals surface area contributed by atoms with Crippen molar-refractivity contribution in [2.75, 3.05) is 13.7 Å². The number of methoxy groups -OCH3 is 1. The summed E-state index contributed by atoms with van der Waals surface area (Å²) in [6.07, 6.45) is 1.51. The predicted octanol–water partition coefficient (Wildman–Crippen LogP) is 3.08. The molecule has 0 N–H and O–H groups in total. The normalized spacial score (nSPS) is 18.1. The van der Waals surface area contributed by atoms with Crippen LogP contribution in [-0.4, -0.2) is 51.5 Å². The first kappa shape index (κ1) is 24.8. The monoisotopic (exact) mass is 514 g/mol. The predicted molar refractivity (Wildman–Crippen MR) is 136 cm³/mol. The van der Waals surface area contributed by atoms with Crippen LogP contribution in [0.4, 0.5) is 11.4 Å². The molecule has 0 radical (unpaired) electrons. The van der Waals surface area contributed by atoms with Gasteiger partial charge in [-0.25, -0.2) is 0 Å². The molecule has 0 spiro atoms. The molecule has 2 aliphatic heterocycles. The molecule has 2 atom stereocenters. The highest BCUT2D eigenvalue weighted by Crippen LogP contribution is 2.41. The zero-order valence-electron chi connectivity index (χ0n) is 20.5. The van der Waals surface area contributed by atoms with E-state index in [1.807, 2.05) is 0 Å². The molecule has 0 saturated carbocycles. The smallest absolute Gasteiger partial charge is 0.315 e. The van der Waals surface area contributed by atoms with E-state index >= 15 is 0 Å². The lowest BCUT2D eigenvalue weighted by atomic mass is 9.76. The van der Waals surface area contributed by atoms with Crippen LogP contribution in [0.15, 0.2) is 70.6 Å². The number of aromatic nitrogens is 1. The van der Waals surface area contributed by atoms with Crippen molar-refractivity contribution >= 4 is 34.9 Å². The molecule has 3 aromatic rings. The van der Waals surface area contributed by atoms with E-state index in [2.05, 4.69) is 4.99 Å². The molecule has 2 aromatic carbocycles. The molecule has 1 aromatic heterocycles. The van der Waals surface area contributed by atoms with E-state index in [0.29, 0.717) is 28.1 Å². The molecule has 0 aliphatic carbocycles. The number of hydrogen-bond acceptors (Lipinski definition) is 8. The van der Waals surface area contributed by atoms with Gasteiger partial charge < -0.3 is 9.30 Å². The van der Waals surface area contributed by atoms with E-state index in [-0.39, 0.29) is 24.3 Å². The number of nitrogens with zero attached hydrogens (tertiary/aromatic N) is 4. The quantitative estimate of drug-likeness (QED) is 0.213. The van der Waals surface area contributed by atoms with Crippen molar-refractivity contribution in [3.8, 4) is 0 Å². The summed E-state index contributed by atoms with van der Waals surface area (Å²) in [7, 11) is 1.22. The number of hydrogen-bond donors (Lipinski definition) is 0. The molecule has 192 valence electrons. The van der Waals surface area contributed by atoms with Gasteiger partial charge in [-0.05, 0) is 30.7 Å². The van der Waals surface area contributed by atoms with Gasteiger partial charge in [0.15, 0.2) is 0 Å². The number of nitro benzene ring substituents is 1. The molecule has 3 heterocycles. The van der Waals surface area contributed by atoms with Crippen molar-refractivity contribution in [1.82, 2.24) is 9.47 Å². The first-order valence-electron chi connectivity index (χ1n) is 11.8. The largest absolute Gasteiger partial charge is 0.468 e. The topological polar surface area (TPSA) is 141 Å². The Morgan fingerprint density at radius 1 is 1.03 bits per heavy atom. The van der Waals surface area contributed by atoms with Crippen molar-refractivity contribution in [2.24, 2.45) is 10.9 Å². The summed E-state index contributed by atoms with van der Waals surface area (Å²) in [5, 5.41) is 11.4. The summed E-state index contributed by atoms with van der Waals surface area (Å²) in [4.78, 5) is 68.6. The Labute approximate surface area is 216 Å². The van der Waals surface area contributed by atoms with Crippen LogP contribution in [0, 0.1) is 16.0 Å². The van der Waals surface area contributed by atoms with Crippen LogP contribution >= 0.6 is 0 Å². The molecule has 0 fully saturated rings. The third kappa shape index (κ3) is 3.97. The number of rotatable bonds is 6. The Bertz CT molecular complexity index is 1570. The van der Waals surface area contributed by atoms with Gasteiger partial charge in [0.05, 0.1) is 34.4 Å². The molecule has 0 saturated heterocycles. The lowest BCUT2D eigenvalue weighted by molar-refractivity contribution is -0.384. The Morgan fingerprint density at radius 2 is 1.71 bits per heavy atom. The average molecular weight is 514 g/mol. The highest BCUT2D eigenvalue weighted by Gasteiger charge is 2.41. The zero-order valence-corrected chi connectivity index (χ0v) is 20.5. The molecule has 5 rings (SSSR count). The molecule has 2 unspecified atom stereocenters. The first-order valence-corrected chi connectivity index (χ1v) is 11.8. The summed E-state index contributed by atoms with van der Waals surface area (Å²) < 4.78 is 6.34. The van der Waals surface area contributed by atoms with Crippen molar-refractivity contribution in [3.05, 3.63) is 104 Å². The minimum absolute atomic E-state index is 0.00479. The lowest BCUT2D eigenvalue weighted by Crippen LogP contribution is -2.39. The number of carbonyl (C=O) groups is 3. The minimum Gasteiger partial charge on any atom is -0.468 e. The zero-order chi connectivity index (χ0) is 27.1. The van der Waals surface area contributed by atoms with E-state index in [1.165, 1.54) is 36.1 Å². The van der Waals surface area contributed by atoms with Crippen molar-refractivity contribution in [3.63, 3.8) is 0 Å². The van der Waals surface area contributed by atoms with E-state index in [1.54, 1.807) is 43.3 Å². The number of aliphatic imine (C=N–C) groups is 1. The van der Waals surface area contributed by atoms with Crippen LogP contribution in [0.25, 0.3) is 0 Å². The fourth-order valence-electron chi connectivity index (χ4n) is 5.09. The van der Waals surface area contributed by atoms with E-state index in [9.17, 15) is 29.3 Å². The van der Waals surface area contributed by atoms with Crippen LogP contribution in [0.2, 0.25) is 0 Å². The fraction of sp³-hybridized carbons (Fsp3) is 0.222. The Kier molecular flexibility index (Phi) is 6.19. The number of nitro groups is 1.